The summed E-state index contributed by atoms with van der Waals surface area (Å²) in [6.45, 7) is 11.2. The fourth-order valence-electron chi connectivity index (χ4n) is 4.64. The largest absolute Gasteiger partial charge is 0.460 e. The molecule has 1 aliphatic carbocycles. The molecule has 0 aromatic heterocycles. The van der Waals surface area contributed by atoms with Gasteiger partial charge in [0.05, 0.1) is 5.92 Å². The molecule has 2 heterocycles. The average molecular weight is 350 g/mol. The van der Waals surface area contributed by atoms with Crippen LogP contribution < -0.4 is 0 Å². The smallest absolute Gasteiger partial charge is 0.347 e. The molecule has 138 valence electrons. The minimum atomic E-state index is -0.926. The summed E-state index contributed by atoms with van der Waals surface area (Å²) < 4.78 is 16.9. The third kappa shape index (κ3) is 2.75. The summed E-state index contributed by atoms with van der Waals surface area (Å²) in [7, 11) is 0. The molecule has 0 aromatic carbocycles. The van der Waals surface area contributed by atoms with Crippen molar-refractivity contribution in [1.29, 1.82) is 0 Å². The Bertz CT molecular complexity index is 636. The van der Waals surface area contributed by atoms with Gasteiger partial charge in [0.1, 0.15) is 11.7 Å². The van der Waals surface area contributed by atoms with Gasteiger partial charge in [0.2, 0.25) is 0 Å². The first kappa shape index (κ1) is 18.0. The zero-order chi connectivity index (χ0) is 18.6. The highest BCUT2D eigenvalue weighted by molar-refractivity contribution is 5.87. The molecule has 0 N–H and O–H groups in total. The van der Waals surface area contributed by atoms with Crippen LogP contribution in [-0.4, -0.2) is 35.7 Å². The molecule has 0 aromatic rings. The van der Waals surface area contributed by atoms with Crippen molar-refractivity contribution in [2.45, 2.75) is 71.2 Å². The average Bonchev–Trinajstić information content (AvgIpc) is 2.68. The predicted octanol–water partition coefficient (Wildman–Crippen LogP) is 2.55. The van der Waals surface area contributed by atoms with Gasteiger partial charge in [-0.2, -0.15) is 0 Å². The molecule has 1 saturated carbocycles. The maximum Gasteiger partial charge on any atom is 0.347 e. The van der Waals surface area contributed by atoms with Crippen molar-refractivity contribution in [3.63, 3.8) is 0 Å². The third-order valence-corrected chi connectivity index (χ3v) is 6.32. The van der Waals surface area contributed by atoms with Gasteiger partial charge in [-0.25, -0.2) is 9.59 Å². The maximum atomic E-state index is 12.4. The fourth-order valence-corrected chi connectivity index (χ4v) is 4.64. The van der Waals surface area contributed by atoms with E-state index >= 15 is 0 Å². The highest BCUT2D eigenvalue weighted by atomic mass is 16.6. The van der Waals surface area contributed by atoms with E-state index < -0.39 is 29.1 Å². The fraction of sp³-hybridized carbons (Fsp3) is 0.737. The van der Waals surface area contributed by atoms with Gasteiger partial charge in [0.25, 0.3) is 0 Å². The van der Waals surface area contributed by atoms with Crippen LogP contribution in [0.5, 0.6) is 0 Å². The van der Waals surface area contributed by atoms with E-state index in [4.69, 9.17) is 14.2 Å². The van der Waals surface area contributed by atoms with E-state index in [-0.39, 0.29) is 23.9 Å². The Kier molecular flexibility index (Phi) is 4.20. The minimum Gasteiger partial charge on any atom is -0.460 e. The Morgan fingerprint density at radius 2 is 1.92 bits per heavy atom. The second kappa shape index (κ2) is 5.85. The second-order valence-electron chi connectivity index (χ2n) is 8.24. The van der Waals surface area contributed by atoms with Crippen LogP contribution in [0.1, 0.15) is 53.4 Å². The van der Waals surface area contributed by atoms with Crippen LogP contribution in [0.4, 0.5) is 0 Å². The third-order valence-electron chi connectivity index (χ3n) is 6.32. The lowest BCUT2D eigenvalue weighted by molar-refractivity contribution is -0.194. The monoisotopic (exact) mass is 350 g/mol. The Morgan fingerprint density at radius 1 is 1.24 bits per heavy atom. The van der Waals surface area contributed by atoms with E-state index in [0.29, 0.717) is 31.3 Å². The molecule has 6 heteroatoms. The molecule has 5 unspecified atom stereocenters. The van der Waals surface area contributed by atoms with E-state index in [9.17, 15) is 14.4 Å². The number of hydrogen-bond donors (Lipinski definition) is 0. The summed E-state index contributed by atoms with van der Waals surface area (Å²) in [4.78, 5) is 37.0. The predicted molar refractivity (Wildman–Crippen MR) is 88.3 cm³/mol. The Hall–Kier alpha value is -1.85. The molecule has 0 amide bonds. The van der Waals surface area contributed by atoms with Crippen molar-refractivity contribution in [2.24, 2.45) is 17.3 Å². The van der Waals surface area contributed by atoms with Crippen molar-refractivity contribution in [3.8, 4) is 0 Å². The van der Waals surface area contributed by atoms with Crippen molar-refractivity contribution in [2.75, 3.05) is 0 Å². The topological polar surface area (TPSA) is 78.9 Å². The van der Waals surface area contributed by atoms with Crippen LogP contribution in [-0.2, 0) is 28.6 Å². The molecule has 4 bridgehead atoms. The summed E-state index contributed by atoms with van der Waals surface area (Å²) in [5, 5.41) is 0. The summed E-state index contributed by atoms with van der Waals surface area (Å²) in [6, 6.07) is 0. The number of carbonyl (C=O) groups is 3. The molecule has 3 fully saturated rings. The lowest BCUT2D eigenvalue weighted by atomic mass is 9.56. The van der Waals surface area contributed by atoms with Gasteiger partial charge in [0, 0.05) is 17.4 Å². The molecule has 25 heavy (non-hydrogen) atoms. The van der Waals surface area contributed by atoms with Crippen molar-refractivity contribution in [1.82, 2.24) is 0 Å². The SMILES string of the molecule is C=C(C)C(=O)OC(C)(C(C)C)C12CC3CC(C1)C(=O)OC(C2)C(=O)O3. The summed E-state index contributed by atoms with van der Waals surface area (Å²) >= 11 is 0. The number of ether oxygens (including phenoxy) is 3. The van der Waals surface area contributed by atoms with E-state index in [1.165, 1.54) is 0 Å². The van der Waals surface area contributed by atoms with Gasteiger partial charge in [-0.15, -0.1) is 0 Å². The number of rotatable bonds is 4. The maximum absolute atomic E-state index is 12.4. The van der Waals surface area contributed by atoms with E-state index in [0.717, 1.165) is 0 Å². The van der Waals surface area contributed by atoms with Crippen molar-refractivity contribution >= 4 is 17.9 Å². The molecule has 0 spiro atoms. The Labute approximate surface area is 147 Å². The summed E-state index contributed by atoms with van der Waals surface area (Å²) in [5.41, 5.74) is -1.09. The molecule has 5 atom stereocenters. The van der Waals surface area contributed by atoms with Crippen LogP contribution in [0.25, 0.3) is 0 Å². The van der Waals surface area contributed by atoms with Gasteiger partial charge in [-0.1, -0.05) is 20.4 Å². The standard InChI is InChI=1S/C19H26O6/c1-10(2)15(20)25-18(5,11(3)4)19-7-12-6-13(8-19)23-17(22)14(9-19)24-16(12)21/h11-14H,1,6-9H2,2-5H3. The van der Waals surface area contributed by atoms with E-state index in [1.54, 1.807) is 6.92 Å². The van der Waals surface area contributed by atoms with Gasteiger partial charge < -0.3 is 14.2 Å². The Balaban J connectivity index is 2.08. The second-order valence-corrected chi connectivity index (χ2v) is 8.24. The Morgan fingerprint density at radius 3 is 2.52 bits per heavy atom. The minimum absolute atomic E-state index is 0.0164. The highest BCUT2D eigenvalue weighted by Crippen LogP contribution is 2.58. The van der Waals surface area contributed by atoms with E-state index in [1.807, 2.05) is 20.8 Å². The summed E-state index contributed by atoms with van der Waals surface area (Å²) in [5.74, 6) is -1.64. The number of fused-ring (bicyclic) bond motifs is 3. The van der Waals surface area contributed by atoms with Gasteiger partial charge in [0.15, 0.2) is 6.10 Å². The lowest BCUT2D eigenvalue weighted by Gasteiger charge is -2.53. The molecule has 3 rings (SSSR count). The highest BCUT2D eigenvalue weighted by Gasteiger charge is 2.63. The zero-order valence-corrected chi connectivity index (χ0v) is 15.3. The first-order valence-electron chi connectivity index (χ1n) is 8.88. The number of esters is 3. The van der Waals surface area contributed by atoms with Gasteiger partial charge in [-0.3, -0.25) is 4.79 Å². The normalized spacial score (nSPS) is 36.1. The molecule has 2 saturated heterocycles. The molecular formula is C19H26O6. The zero-order valence-electron chi connectivity index (χ0n) is 15.3. The van der Waals surface area contributed by atoms with Crippen LogP contribution in [0, 0.1) is 17.3 Å². The van der Waals surface area contributed by atoms with Crippen LogP contribution >= 0.6 is 0 Å². The first-order valence-corrected chi connectivity index (χ1v) is 8.88. The molecule has 6 nitrogen and oxygen atoms in total. The van der Waals surface area contributed by atoms with Crippen LogP contribution in [0.15, 0.2) is 12.2 Å². The van der Waals surface area contributed by atoms with Crippen LogP contribution in [0.3, 0.4) is 0 Å². The first-order chi connectivity index (χ1) is 11.6. The lowest BCUT2D eigenvalue weighted by Crippen LogP contribution is -2.57. The number of hydrogen-bond acceptors (Lipinski definition) is 6. The number of carbonyl (C=O) groups excluding carboxylic acids is 3. The van der Waals surface area contributed by atoms with Gasteiger partial charge >= 0.3 is 17.9 Å². The van der Waals surface area contributed by atoms with Crippen molar-refractivity contribution in [3.05, 3.63) is 12.2 Å². The van der Waals surface area contributed by atoms with E-state index in [2.05, 4.69) is 6.58 Å². The van der Waals surface area contributed by atoms with Crippen LogP contribution in [0.2, 0.25) is 0 Å². The van der Waals surface area contributed by atoms with Crippen molar-refractivity contribution < 1.29 is 28.6 Å². The quantitative estimate of drug-likeness (QED) is 0.440. The molecule has 3 aliphatic rings. The molecular weight excluding hydrogens is 324 g/mol. The molecule has 0 radical (unpaired) electrons. The molecule has 2 aliphatic heterocycles. The summed E-state index contributed by atoms with van der Waals surface area (Å²) in [6.07, 6.45) is 0.633. The van der Waals surface area contributed by atoms with Gasteiger partial charge in [-0.05, 0) is 39.0 Å².